The van der Waals surface area contributed by atoms with Crippen LogP contribution in [0.3, 0.4) is 0 Å². The van der Waals surface area contributed by atoms with Crippen LogP contribution in [0.4, 0.5) is 0 Å². The number of hydrogen-bond acceptors (Lipinski definition) is 10. The predicted molar refractivity (Wildman–Crippen MR) is 159 cm³/mol. The Morgan fingerprint density at radius 1 is 0.838 bits per heavy atom. The fourth-order valence-corrected chi connectivity index (χ4v) is 7.14. The molecule has 0 bridgehead atoms. The summed E-state index contributed by atoms with van der Waals surface area (Å²) < 4.78 is 7.05. The van der Waals surface area contributed by atoms with Crippen molar-refractivity contribution in [2.45, 2.75) is 43.9 Å². The molecule has 0 fully saturated rings. The summed E-state index contributed by atoms with van der Waals surface area (Å²) in [4.78, 5) is 35.8. The van der Waals surface area contributed by atoms with Gasteiger partial charge in [-0.05, 0) is 81.2 Å². The predicted octanol–water partition coefficient (Wildman–Crippen LogP) is -0.897. The first-order chi connectivity index (χ1) is 17.2. The third-order valence-electron chi connectivity index (χ3n) is 4.83. The molecular weight excluding hydrogens is 835 g/mol. The number of likely N-dealkylation sites (N-methyl/N-ethyl adjacent to an activating group) is 1. The smallest absolute Gasteiger partial charge is 0.344 e. The van der Waals surface area contributed by atoms with E-state index in [1.807, 2.05) is 67.8 Å². The highest BCUT2D eigenvalue weighted by atomic mass is 127. The molecule has 16 heteroatoms. The molecule has 1 aromatic rings. The Hall–Kier alpha value is -0.620. The van der Waals surface area contributed by atoms with Gasteiger partial charge in [0.25, 0.3) is 11.8 Å². The maximum Gasteiger partial charge on any atom is 0.344 e. The molecule has 37 heavy (non-hydrogen) atoms. The first-order valence-electron chi connectivity index (χ1n) is 10.8. The number of carboxylic acids is 1. The Balaban J connectivity index is 0.000000845. The van der Waals surface area contributed by atoms with E-state index < -0.39 is 43.1 Å². The monoisotopic (exact) mass is 867 g/mol. The molecule has 0 aliphatic heterocycles. The van der Waals surface area contributed by atoms with E-state index >= 15 is 0 Å². The van der Waals surface area contributed by atoms with Gasteiger partial charge in [0.2, 0.25) is 0 Å². The summed E-state index contributed by atoms with van der Waals surface area (Å²) in [6, 6.07) is 0. The molecule has 0 saturated heterocycles. The number of ether oxygens (including phenoxy) is 1. The van der Waals surface area contributed by atoms with E-state index in [1.54, 1.807) is 14.0 Å². The molecule has 0 radical (unpaired) electrons. The molecule has 1 rings (SSSR count). The quantitative estimate of drug-likeness (QED) is 0.117. The SMILES string of the molecule is CCC(Oc1c(I)c(C(=O)NC)c(I)c(C(=O)NC)c1I)C(=O)O.CNCC(O)C(O)C(O)C(O)CO. The summed E-state index contributed by atoms with van der Waals surface area (Å²) in [5, 5.41) is 61.8. The zero-order chi connectivity index (χ0) is 29.0. The third kappa shape index (κ3) is 10.1. The Labute approximate surface area is 255 Å². The second-order valence-corrected chi connectivity index (χ2v) is 10.6. The summed E-state index contributed by atoms with van der Waals surface area (Å²) in [5.41, 5.74) is 0.570. The number of carbonyl (C=O) groups is 3. The second-order valence-electron chi connectivity index (χ2n) is 7.39. The number of rotatable bonds is 12. The van der Waals surface area contributed by atoms with E-state index in [4.69, 9.17) is 25.2 Å². The van der Waals surface area contributed by atoms with Crippen LogP contribution in [-0.2, 0) is 4.79 Å². The van der Waals surface area contributed by atoms with Gasteiger partial charge < -0.3 is 51.3 Å². The highest BCUT2D eigenvalue weighted by Crippen LogP contribution is 2.38. The standard InChI is InChI=1S/C14H15I3N2O5.C7H17NO5/c1-4-5(14(22)23)24-11-9(16)6(12(20)18-2)8(15)7(10(11)17)13(21)19-3;1-8-2-4(10)6(12)7(13)5(11)3-9/h5H,4H2,1-3H3,(H,18,20)(H,19,21)(H,22,23);4-13H,2-3H2,1H3. The van der Waals surface area contributed by atoms with Gasteiger partial charge in [0.1, 0.15) is 24.1 Å². The Bertz CT molecular complexity index is 895. The molecule has 0 aliphatic rings. The van der Waals surface area contributed by atoms with E-state index in [-0.39, 0.29) is 41.7 Å². The number of aliphatic hydroxyl groups excluding tert-OH is 5. The van der Waals surface area contributed by atoms with Crippen molar-refractivity contribution < 1.29 is 49.8 Å². The van der Waals surface area contributed by atoms with Gasteiger partial charge in [0.15, 0.2) is 6.10 Å². The highest BCUT2D eigenvalue weighted by molar-refractivity contribution is 14.1. The van der Waals surface area contributed by atoms with Crippen LogP contribution >= 0.6 is 67.8 Å². The molecule has 5 unspecified atom stereocenters. The van der Waals surface area contributed by atoms with Crippen molar-refractivity contribution in [1.29, 1.82) is 0 Å². The molecule has 13 nitrogen and oxygen atoms in total. The van der Waals surface area contributed by atoms with E-state index in [1.165, 1.54) is 14.1 Å². The third-order valence-corrected chi connectivity index (χ3v) is 7.97. The lowest BCUT2D eigenvalue weighted by molar-refractivity contribution is -0.145. The fraction of sp³-hybridized carbons (Fsp3) is 0.571. The van der Waals surface area contributed by atoms with E-state index in [9.17, 15) is 24.6 Å². The molecule has 212 valence electrons. The number of aliphatic hydroxyl groups is 5. The number of halogens is 3. The molecule has 0 spiro atoms. The maximum atomic E-state index is 12.2. The lowest BCUT2D eigenvalue weighted by atomic mass is 10.0. The van der Waals surface area contributed by atoms with E-state index in [0.717, 1.165) is 0 Å². The van der Waals surface area contributed by atoms with Crippen molar-refractivity contribution in [3.63, 3.8) is 0 Å². The highest BCUT2D eigenvalue weighted by Gasteiger charge is 2.31. The minimum absolute atomic E-state index is 0.0936. The van der Waals surface area contributed by atoms with Crippen molar-refractivity contribution >= 4 is 85.6 Å². The molecule has 0 aliphatic carbocycles. The number of carboxylic acid groups (broad SMARTS) is 1. The zero-order valence-electron chi connectivity index (χ0n) is 20.5. The first-order valence-corrected chi connectivity index (χ1v) is 14.0. The van der Waals surface area contributed by atoms with Crippen LogP contribution in [-0.4, -0.2) is 113 Å². The van der Waals surface area contributed by atoms with Gasteiger partial charge >= 0.3 is 5.97 Å². The lowest BCUT2D eigenvalue weighted by Gasteiger charge is -2.25. The number of nitrogens with one attached hydrogen (secondary N) is 3. The minimum Gasteiger partial charge on any atom is -0.479 e. The topological polar surface area (TPSA) is 218 Å². The van der Waals surface area contributed by atoms with Crippen molar-refractivity contribution in [1.82, 2.24) is 16.0 Å². The van der Waals surface area contributed by atoms with Crippen LogP contribution in [0.25, 0.3) is 0 Å². The number of benzene rings is 1. The van der Waals surface area contributed by atoms with Crippen LogP contribution in [0.15, 0.2) is 0 Å². The first kappa shape index (κ1) is 36.4. The summed E-state index contributed by atoms with van der Waals surface area (Å²) in [6.07, 6.45) is -6.47. The molecule has 1 aromatic carbocycles. The molecular formula is C21H32I3N3O10. The number of aliphatic carboxylic acids is 1. The summed E-state index contributed by atoms with van der Waals surface area (Å²) in [6.45, 7) is 1.12. The van der Waals surface area contributed by atoms with Gasteiger partial charge in [-0.2, -0.15) is 0 Å². The van der Waals surface area contributed by atoms with Gasteiger partial charge in [0.05, 0.1) is 31.0 Å². The average Bonchev–Trinajstić information content (AvgIpc) is 2.87. The van der Waals surface area contributed by atoms with Gasteiger partial charge in [-0.1, -0.05) is 6.92 Å². The number of amides is 2. The number of hydrogen-bond donors (Lipinski definition) is 9. The van der Waals surface area contributed by atoms with E-state index in [0.29, 0.717) is 10.7 Å². The summed E-state index contributed by atoms with van der Waals surface area (Å²) in [7, 11) is 4.54. The minimum atomic E-state index is -1.55. The van der Waals surface area contributed by atoms with Crippen molar-refractivity contribution in [2.75, 3.05) is 34.3 Å². The Kier molecular flexibility index (Phi) is 17.6. The van der Waals surface area contributed by atoms with Gasteiger partial charge in [0, 0.05) is 24.2 Å². The molecule has 2 amide bonds. The Morgan fingerprint density at radius 3 is 1.59 bits per heavy atom. The van der Waals surface area contributed by atoms with Gasteiger partial charge in [-0.25, -0.2) is 4.79 Å². The molecule has 0 saturated carbocycles. The van der Waals surface area contributed by atoms with Crippen molar-refractivity contribution in [2.24, 2.45) is 0 Å². The largest absolute Gasteiger partial charge is 0.479 e. The van der Waals surface area contributed by atoms with Crippen LogP contribution < -0.4 is 20.7 Å². The van der Waals surface area contributed by atoms with Crippen LogP contribution in [0.1, 0.15) is 34.1 Å². The molecule has 9 N–H and O–H groups in total. The average molecular weight is 867 g/mol. The Morgan fingerprint density at radius 2 is 1.27 bits per heavy atom. The molecule has 5 atom stereocenters. The molecule has 0 aromatic heterocycles. The zero-order valence-corrected chi connectivity index (χ0v) is 26.9. The number of carbonyl (C=O) groups excluding carboxylic acids is 2. The van der Waals surface area contributed by atoms with E-state index in [2.05, 4.69) is 16.0 Å². The van der Waals surface area contributed by atoms with Crippen LogP contribution in [0.5, 0.6) is 5.75 Å². The van der Waals surface area contributed by atoms with Gasteiger partial charge in [-0.3, -0.25) is 9.59 Å². The van der Waals surface area contributed by atoms with Gasteiger partial charge in [-0.15, -0.1) is 0 Å². The normalized spacial score (nSPS) is 14.8. The van der Waals surface area contributed by atoms with Crippen LogP contribution in [0, 0.1) is 10.7 Å². The second kappa shape index (κ2) is 17.9. The van der Waals surface area contributed by atoms with Crippen molar-refractivity contribution in [3.05, 3.63) is 21.8 Å². The van der Waals surface area contributed by atoms with Crippen LogP contribution in [0.2, 0.25) is 0 Å². The summed E-state index contributed by atoms with van der Waals surface area (Å²) >= 11 is 5.81. The fourth-order valence-electron chi connectivity index (χ4n) is 2.74. The molecule has 0 heterocycles. The lowest BCUT2D eigenvalue weighted by Crippen LogP contribution is -2.48. The summed E-state index contributed by atoms with van der Waals surface area (Å²) in [5.74, 6) is -1.63. The maximum absolute atomic E-state index is 12.2. The van der Waals surface area contributed by atoms with Crippen molar-refractivity contribution in [3.8, 4) is 5.75 Å².